The second-order valence-electron chi connectivity index (χ2n) is 5.52. The minimum Gasteiger partial charge on any atom is -0.378 e. The number of anilines is 2. The van der Waals surface area contributed by atoms with Gasteiger partial charge in [0.05, 0.1) is 19.0 Å². The highest BCUT2D eigenvalue weighted by atomic mass is 32.2. The Kier molecular flexibility index (Phi) is 5.37. The number of hydrogen-bond donors (Lipinski definition) is 0. The summed E-state index contributed by atoms with van der Waals surface area (Å²) in [6.45, 7) is 3.03. The van der Waals surface area contributed by atoms with Crippen molar-refractivity contribution in [1.82, 2.24) is 14.8 Å². The minimum atomic E-state index is 0.0297. The summed E-state index contributed by atoms with van der Waals surface area (Å²) < 4.78 is 7.30. The van der Waals surface area contributed by atoms with Gasteiger partial charge in [0.25, 0.3) is 0 Å². The van der Waals surface area contributed by atoms with Gasteiger partial charge in [0.1, 0.15) is 0 Å². The van der Waals surface area contributed by atoms with Crippen LogP contribution in [0.25, 0.3) is 0 Å². The number of para-hydroxylation sites is 1. The molecule has 1 aliphatic heterocycles. The monoisotopic (exact) mass is 347 g/mol. The molecule has 24 heavy (non-hydrogen) atoms. The third kappa shape index (κ3) is 3.70. The van der Waals surface area contributed by atoms with Gasteiger partial charge < -0.3 is 14.5 Å². The van der Waals surface area contributed by atoms with Crippen molar-refractivity contribution in [1.29, 1.82) is 0 Å². The van der Waals surface area contributed by atoms with E-state index < -0.39 is 0 Å². The molecule has 128 valence electrons. The Bertz CT molecular complexity index is 685. The number of rotatable bonds is 5. The minimum absolute atomic E-state index is 0.0297. The van der Waals surface area contributed by atoms with Crippen molar-refractivity contribution in [2.75, 3.05) is 48.9 Å². The van der Waals surface area contributed by atoms with Crippen molar-refractivity contribution in [3.8, 4) is 0 Å². The van der Waals surface area contributed by atoms with Crippen molar-refractivity contribution < 1.29 is 9.53 Å². The summed E-state index contributed by atoms with van der Waals surface area (Å²) >= 11 is 1.40. The van der Waals surface area contributed by atoms with E-state index in [4.69, 9.17) is 4.74 Å². The maximum Gasteiger partial charge on any atom is 0.237 e. The predicted octanol–water partition coefficient (Wildman–Crippen LogP) is 1.41. The number of benzene rings is 1. The zero-order valence-electron chi connectivity index (χ0n) is 13.9. The molecule has 2 aromatic rings. The zero-order chi connectivity index (χ0) is 16.9. The smallest absolute Gasteiger partial charge is 0.237 e. The van der Waals surface area contributed by atoms with Crippen LogP contribution >= 0.6 is 11.8 Å². The number of carbonyl (C=O) groups excluding carboxylic acids is 1. The largest absolute Gasteiger partial charge is 0.378 e. The molecule has 1 aromatic heterocycles. The highest BCUT2D eigenvalue weighted by molar-refractivity contribution is 7.99. The van der Waals surface area contributed by atoms with Crippen LogP contribution in [0.1, 0.15) is 0 Å². The summed E-state index contributed by atoms with van der Waals surface area (Å²) in [7, 11) is 3.71. The van der Waals surface area contributed by atoms with Gasteiger partial charge in [0.15, 0.2) is 5.16 Å². The number of ether oxygens (including phenoxy) is 1. The highest BCUT2D eigenvalue weighted by Gasteiger charge is 2.19. The van der Waals surface area contributed by atoms with Crippen molar-refractivity contribution in [2.45, 2.75) is 5.16 Å². The highest BCUT2D eigenvalue weighted by Crippen LogP contribution is 2.22. The Balaban J connectivity index is 1.60. The lowest BCUT2D eigenvalue weighted by Gasteiger charge is -2.27. The molecule has 7 nitrogen and oxygen atoms in total. The molecule has 0 unspecified atom stereocenters. The van der Waals surface area contributed by atoms with Crippen molar-refractivity contribution in [3.63, 3.8) is 0 Å². The van der Waals surface area contributed by atoms with E-state index in [9.17, 15) is 4.79 Å². The molecular formula is C16H21N5O2S. The number of morpholine rings is 1. The predicted molar refractivity (Wildman–Crippen MR) is 94.6 cm³/mol. The van der Waals surface area contributed by atoms with Gasteiger partial charge in [-0.1, -0.05) is 30.0 Å². The Morgan fingerprint density at radius 2 is 1.96 bits per heavy atom. The van der Waals surface area contributed by atoms with Crippen LogP contribution in [-0.4, -0.2) is 59.8 Å². The summed E-state index contributed by atoms with van der Waals surface area (Å²) in [5.41, 5.74) is 0.884. The summed E-state index contributed by atoms with van der Waals surface area (Å²) in [6, 6.07) is 9.61. The molecule has 0 bridgehead atoms. The van der Waals surface area contributed by atoms with Gasteiger partial charge in [-0.05, 0) is 12.1 Å². The first-order valence-corrected chi connectivity index (χ1v) is 8.82. The van der Waals surface area contributed by atoms with Gasteiger partial charge in [-0.2, -0.15) is 0 Å². The summed E-state index contributed by atoms with van der Waals surface area (Å²) in [4.78, 5) is 16.2. The number of thioether (sulfide) groups is 1. The molecule has 0 atom stereocenters. The van der Waals surface area contributed by atoms with Crippen LogP contribution in [0.2, 0.25) is 0 Å². The van der Waals surface area contributed by atoms with Gasteiger partial charge in [-0.25, -0.2) is 0 Å². The Morgan fingerprint density at radius 3 is 2.67 bits per heavy atom. The van der Waals surface area contributed by atoms with Crippen LogP contribution in [0.4, 0.5) is 11.6 Å². The number of nitrogens with zero attached hydrogens (tertiary/aromatic N) is 5. The van der Waals surface area contributed by atoms with Gasteiger partial charge in [0.2, 0.25) is 11.9 Å². The Labute approximate surface area is 145 Å². The van der Waals surface area contributed by atoms with Crippen LogP contribution in [0, 0.1) is 0 Å². The Hall–Kier alpha value is -2.06. The lowest BCUT2D eigenvalue weighted by Crippen LogP contribution is -2.37. The molecule has 1 fully saturated rings. The van der Waals surface area contributed by atoms with E-state index in [-0.39, 0.29) is 5.91 Å². The molecule has 1 aliphatic rings. The van der Waals surface area contributed by atoms with Crippen molar-refractivity contribution >= 4 is 29.3 Å². The molecule has 1 saturated heterocycles. The lowest BCUT2D eigenvalue weighted by molar-refractivity contribution is -0.115. The average Bonchev–Trinajstić information content (AvgIpc) is 3.01. The van der Waals surface area contributed by atoms with Gasteiger partial charge >= 0.3 is 0 Å². The first-order chi connectivity index (χ1) is 11.7. The number of aromatic nitrogens is 3. The third-order valence-corrected chi connectivity index (χ3v) is 4.95. The number of amides is 1. The molecule has 3 rings (SSSR count). The molecule has 0 aliphatic carbocycles. The van der Waals surface area contributed by atoms with Gasteiger partial charge in [0, 0.05) is 32.9 Å². The van der Waals surface area contributed by atoms with Crippen LogP contribution in [-0.2, 0) is 16.6 Å². The normalized spacial score (nSPS) is 14.7. The maximum absolute atomic E-state index is 12.4. The van der Waals surface area contributed by atoms with E-state index in [1.165, 1.54) is 11.8 Å². The van der Waals surface area contributed by atoms with E-state index in [0.717, 1.165) is 29.9 Å². The quantitative estimate of drug-likeness (QED) is 0.762. The van der Waals surface area contributed by atoms with Crippen LogP contribution in [0.5, 0.6) is 0 Å². The van der Waals surface area contributed by atoms with Crippen LogP contribution < -0.4 is 9.80 Å². The molecule has 2 heterocycles. The SMILES string of the molecule is CN(C(=O)CSc1nnc(N2CCOCC2)n1C)c1ccccc1. The summed E-state index contributed by atoms with van der Waals surface area (Å²) in [6.07, 6.45) is 0. The van der Waals surface area contributed by atoms with E-state index in [0.29, 0.717) is 19.0 Å². The van der Waals surface area contributed by atoms with Crippen molar-refractivity contribution in [2.24, 2.45) is 7.05 Å². The summed E-state index contributed by atoms with van der Waals surface area (Å²) in [5, 5.41) is 9.22. The second-order valence-corrected chi connectivity index (χ2v) is 6.46. The fourth-order valence-electron chi connectivity index (χ4n) is 2.49. The van der Waals surface area contributed by atoms with Crippen LogP contribution in [0.15, 0.2) is 35.5 Å². The molecule has 0 N–H and O–H groups in total. The molecule has 0 radical (unpaired) electrons. The molecule has 8 heteroatoms. The molecular weight excluding hydrogens is 326 g/mol. The topological polar surface area (TPSA) is 63.5 Å². The van der Waals surface area contributed by atoms with E-state index >= 15 is 0 Å². The molecule has 1 aromatic carbocycles. The first-order valence-electron chi connectivity index (χ1n) is 7.83. The Morgan fingerprint density at radius 1 is 1.25 bits per heavy atom. The maximum atomic E-state index is 12.4. The third-order valence-electron chi connectivity index (χ3n) is 3.95. The summed E-state index contributed by atoms with van der Waals surface area (Å²) in [5.74, 6) is 1.17. The second kappa shape index (κ2) is 7.67. The molecule has 0 saturated carbocycles. The van der Waals surface area contributed by atoms with E-state index in [2.05, 4.69) is 15.1 Å². The molecule has 1 amide bonds. The van der Waals surface area contributed by atoms with Gasteiger partial charge in [-0.3, -0.25) is 9.36 Å². The van der Waals surface area contributed by atoms with E-state index in [1.807, 2.05) is 41.9 Å². The van der Waals surface area contributed by atoms with Gasteiger partial charge in [-0.15, -0.1) is 10.2 Å². The average molecular weight is 347 g/mol. The van der Waals surface area contributed by atoms with Crippen LogP contribution in [0.3, 0.4) is 0 Å². The zero-order valence-corrected chi connectivity index (χ0v) is 14.7. The lowest BCUT2D eigenvalue weighted by atomic mass is 10.3. The molecule has 0 spiro atoms. The standard InChI is InChI=1S/C16H21N5O2S/c1-19(13-6-4-3-5-7-13)14(22)12-24-16-18-17-15(20(16)2)21-8-10-23-11-9-21/h3-7H,8-12H2,1-2H3. The number of hydrogen-bond acceptors (Lipinski definition) is 6. The van der Waals surface area contributed by atoms with E-state index in [1.54, 1.807) is 11.9 Å². The first kappa shape index (κ1) is 16.8. The fourth-order valence-corrected chi connectivity index (χ4v) is 3.31. The number of carbonyl (C=O) groups is 1. The van der Waals surface area contributed by atoms with Crippen molar-refractivity contribution in [3.05, 3.63) is 30.3 Å². The fraction of sp³-hybridized carbons (Fsp3) is 0.438.